The Kier molecular flexibility index (Phi) is 3.64. The molecule has 0 fully saturated rings. The SMILES string of the molecule is COP(=S)(S)OC=O. The zero-order valence-electron chi connectivity index (χ0n) is 4.10. The first-order valence-corrected chi connectivity index (χ1v) is 5.42. The molecule has 0 radical (unpaired) electrons. The summed E-state index contributed by atoms with van der Waals surface area (Å²) in [5.74, 6) is 0. The van der Waals surface area contributed by atoms with Gasteiger partial charge in [0.25, 0.3) is 12.2 Å². The lowest BCUT2D eigenvalue weighted by molar-refractivity contribution is -0.120. The molecule has 0 spiro atoms. The minimum Gasteiger partial charge on any atom is -0.407 e. The summed E-state index contributed by atoms with van der Waals surface area (Å²) in [7, 11) is 1.34. The van der Waals surface area contributed by atoms with E-state index in [9.17, 15) is 4.79 Å². The van der Waals surface area contributed by atoms with Crippen molar-refractivity contribution in [3.05, 3.63) is 0 Å². The highest BCUT2D eigenvalue weighted by Crippen LogP contribution is 2.51. The Morgan fingerprint density at radius 2 is 2.38 bits per heavy atom. The molecule has 0 N–H and O–H groups in total. The van der Waals surface area contributed by atoms with Gasteiger partial charge in [0.1, 0.15) is 0 Å². The lowest BCUT2D eigenvalue weighted by Gasteiger charge is -2.07. The quantitative estimate of drug-likeness (QED) is 0.390. The van der Waals surface area contributed by atoms with Gasteiger partial charge in [0.15, 0.2) is 0 Å². The molecule has 0 amide bonds. The smallest absolute Gasteiger partial charge is 0.298 e. The molecule has 1 unspecified atom stereocenters. The van der Waals surface area contributed by atoms with E-state index in [0.29, 0.717) is 0 Å². The number of hydrogen-bond donors (Lipinski definition) is 1. The highest BCUT2D eigenvalue weighted by Gasteiger charge is 2.08. The summed E-state index contributed by atoms with van der Waals surface area (Å²) in [5, 5.41) is 0. The van der Waals surface area contributed by atoms with Gasteiger partial charge in [-0.3, -0.25) is 4.79 Å². The van der Waals surface area contributed by atoms with Crippen molar-refractivity contribution in [3.8, 4) is 0 Å². The van der Waals surface area contributed by atoms with Crippen LogP contribution in [0.2, 0.25) is 0 Å². The Hall–Kier alpha value is 0.430. The summed E-state index contributed by atoms with van der Waals surface area (Å²) in [6.07, 6.45) is 0. The highest BCUT2D eigenvalue weighted by atomic mass is 32.9. The molecule has 48 valence electrons. The van der Waals surface area contributed by atoms with E-state index in [-0.39, 0.29) is 6.47 Å². The molecule has 1 atom stereocenters. The molecule has 0 aromatic heterocycles. The zero-order chi connectivity index (χ0) is 6.62. The lowest BCUT2D eigenvalue weighted by Crippen LogP contribution is -1.81. The van der Waals surface area contributed by atoms with Crippen LogP contribution in [-0.4, -0.2) is 13.6 Å². The van der Waals surface area contributed by atoms with E-state index in [1.807, 2.05) is 0 Å². The van der Waals surface area contributed by atoms with Crippen molar-refractivity contribution in [1.82, 2.24) is 0 Å². The van der Waals surface area contributed by atoms with E-state index in [0.717, 1.165) is 0 Å². The van der Waals surface area contributed by atoms with Crippen molar-refractivity contribution in [2.75, 3.05) is 7.11 Å². The number of rotatable bonds is 3. The van der Waals surface area contributed by atoms with Crippen molar-refractivity contribution >= 4 is 36.2 Å². The van der Waals surface area contributed by atoms with E-state index in [2.05, 4.69) is 33.1 Å². The molecule has 0 rings (SSSR count). The normalized spacial score (nSPS) is 16.8. The largest absolute Gasteiger partial charge is 0.407 e. The van der Waals surface area contributed by atoms with Crippen molar-refractivity contribution in [1.29, 1.82) is 0 Å². The van der Waals surface area contributed by atoms with Crippen LogP contribution >= 0.6 is 17.9 Å². The van der Waals surface area contributed by atoms with Gasteiger partial charge in [-0.2, -0.15) is 0 Å². The predicted octanol–water partition coefficient (Wildman–Crippen LogP) is 0.960. The van der Waals surface area contributed by atoms with Crippen molar-refractivity contribution in [2.45, 2.75) is 0 Å². The molecule has 0 saturated carbocycles. The summed E-state index contributed by atoms with van der Waals surface area (Å²) in [5.41, 5.74) is -2.51. The van der Waals surface area contributed by atoms with Crippen LogP contribution in [0.5, 0.6) is 0 Å². The van der Waals surface area contributed by atoms with Crippen LogP contribution < -0.4 is 0 Å². The first-order valence-electron chi connectivity index (χ1n) is 1.63. The summed E-state index contributed by atoms with van der Waals surface area (Å²) >= 11 is 8.26. The van der Waals surface area contributed by atoms with Gasteiger partial charge in [-0.25, -0.2) is 0 Å². The van der Waals surface area contributed by atoms with Gasteiger partial charge in [0.2, 0.25) is 0 Å². The molecule has 0 saturated heterocycles. The lowest BCUT2D eigenvalue weighted by atomic mass is 11.7. The molecule has 0 aliphatic heterocycles. The first kappa shape index (κ1) is 8.43. The Morgan fingerprint density at radius 3 is 2.50 bits per heavy atom. The van der Waals surface area contributed by atoms with Gasteiger partial charge < -0.3 is 9.05 Å². The van der Waals surface area contributed by atoms with E-state index in [1.165, 1.54) is 7.11 Å². The second kappa shape index (κ2) is 3.45. The highest BCUT2D eigenvalue weighted by molar-refractivity contribution is 8.60. The molecule has 6 heteroatoms. The third kappa shape index (κ3) is 3.43. The molecule has 0 heterocycles. The Bertz CT molecular complexity index is 124. The van der Waals surface area contributed by atoms with Crippen LogP contribution in [0.1, 0.15) is 0 Å². The topological polar surface area (TPSA) is 35.5 Å². The number of carbonyl (C=O) groups excluding carboxylic acids is 1. The predicted molar refractivity (Wildman–Crippen MR) is 37.4 cm³/mol. The Balaban J connectivity index is 3.72. The van der Waals surface area contributed by atoms with Crippen LogP contribution in [-0.2, 0) is 25.6 Å². The average Bonchev–Trinajstić information content (AvgIpc) is 1.67. The fraction of sp³-hybridized carbons (Fsp3) is 0.500. The van der Waals surface area contributed by atoms with Crippen LogP contribution in [0.3, 0.4) is 0 Å². The molecule has 0 aliphatic rings. The maximum absolute atomic E-state index is 9.59. The van der Waals surface area contributed by atoms with E-state index < -0.39 is 5.69 Å². The fourth-order valence-electron chi connectivity index (χ4n) is 0.0974. The molecule has 3 nitrogen and oxygen atoms in total. The summed E-state index contributed by atoms with van der Waals surface area (Å²) in [4.78, 5) is 9.59. The van der Waals surface area contributed by atoms with E-state index in [4.69, 9.17) is 0 Å². The average molecular weight is 172 g/mol. The van der Waals surface area contributed by atoms with Gasteiger partial charge in [0, 0.05) is 7.11 Å². The molecule has 0 aromatic carbocycles. The molecular formula is C2H5O3PS2. The minimum atomic E-state index is -2.51. The van der Waals surface area contributed by atoms with Gasteiger partial charge >= 0.3 is 0 Å². The van der Waals surface area contributed by atoms with E-state index in [1.54, 1.807) is 0 Å². The maximum atomic E-state index is 9.59. The molecule has 0 aromatic rings. The van der Waals surface area contributed by atoms with E-state index >= 15 is 0 Å². The summed E-state index contributed by atoms with van der Waals surface area (Å²) in [6, 6.07) is 0. The number of carbonyl (C=O) groups is 1. The molecule has 0 aliphatic carbocycles. The minimum absolute atomic E-state index is 0.233. The standard InChI is InChI=1S/C2H5O3PS2/c1-4-6(7,8)5-2-3/h2H,1H3,(H,7,8). The third-order valence-electron chi connectivity index (χ3n) is 0.407. The van der Waals surface area contributed by atoms with Crippen LogP contribution in [0.4, 0.5) is 0 Å². The second-order valence-electron chi connectivity index (χ2n) is 0.853. The van der Waals surface area contributed by atoms with Crippen molar-refractivity contribution in [2.24, 2.45) is 0 Å². The first-order chi connectivity index (χ1) is 3.62. The molecule has 8 heavy (non-hydrogen) atoms. The third-order valence-corrected chi connectivity index (χ3v) is 2.70. The van der Waals surface area contributed by atoms with Crippen LogP contribution in [0.15, 0.2) is 0 Å². The van der Waals surface area contributed by atoms with Gasteiger partial charge in [-0.1, -0.05) is 12.2 Å². The zero-order valence-corrected chi connectivity index (χ0v) is 6.71. The van der Waals surface area contributed by atoms with Crippen LogP contribution in [0.25, 0.3) is 0 Å². The monoisotopic (exact) mass is 172 g/mol. The van der Waals surface area contributed by atoms with Crippen LogP contribution in [0, 0.1) is 0 Å². The second-order valence-corrected chi connectivity index (χ2v) is 6.20. The summed E-state index contributed by atoms with van der Waals surface area (Å²) < 4.78 is 8.78. The number of thiol groups is 1. The molecule has 0 bridgehead atoms. The van der Waals surface area contributed by atoms with Gasteiger partial charge in [-0.05, 0) is 11.8 Å². The number of hydrogen-bond acceptors (Lipinski definition) is 4. The molecular weight excluding hydrogens is 167 g/mol. The van der Waals surface area contributed by atoms with Crippen molar-refractivity contribution in [3.63, 3.8) is 0 Å². The Labute approximate surface area is 57.7 Å². The summed E-state index contributed by atoms with van der Waals surface area (Å²) in [6.45, 7) is 0.233. The maximum Gasteiger partial charge on any atom is 0.298 e. The Morgan fingerprint density at radius 1 is 1.88 bits per heavy atom. The van der Waals surface area contributed by atoms with Crippen molar-refractivity contribution < 1.29 is 13.8 Å². The fourth-order valence-corrected chi connectivity index (χ4v) is 0.513. The van der Waals surface area contributed by atoms with Gasteiger partial charge in [0.05, 0.1) is 0 Å². The van der Waals surface area contributed by atoms with Gasteiger partial charge in [-0.15, -0.1) is 0 Å².